The Bertz CT molecular complexity index is 653. The van der Waals surface area contributed by atoms with Crippen LogP contribution in [-0.2, 0) is 19.2 Å². The van der Waals surface area contributed by atoms with Gasteiger partial charge in [-0.15, -0.1) is 0 Å². The van der Waals surface area contributed by atoms with Gasteiger partial charge in [-0.2, -0.15) is 0 Å². The minimum absolute atomic E-state index is 0.234. The van der Waals surface area contributed by atoms with Crippen LogP contribution in [0.2, 0.25) is 0 Å². The summed E-state index contributed by atoms with van der Waals surface area (Å²) in [4.78, 5) is 52.8. The van der Waals surface area contributed by atoms with Gasteiger partial charge in [-0.3, -0.25) is 19.2 Å². The first-order valence-electron chi connectivity index (χ1n) is 10.1. The number of nitrogens with two attached hydrogens (primary N) is 2. The van der Waals surface area contributed by atoms with Crippen LogP contribution in [0.25, 0.3) is 0 Å². The van der Waals surface area contributed by atoms with Crippen molar-refractivity contribution in [1.82, 2.24) is 9.80 Å². The second-order valence-electron chi connectivity index (χ2n) is 8.07. The summed E-state index contributed by atoms with van der Waals surface area (Å²) in [6.07, 6.45) is -0.144. The average Bonchev–Trinajstić information content (AvgIpc) is 3.32. The molecule has 10 heteroatoms. The summed E-state index contributed by atoms with van der Waals surface area (Å²) < 4.78 is 0. The molecule has 164 valence electrons. The molecule has 0 bridgehead atoms. The van der Waals surface area contributed by atoms with Gasteiger partial charge in [0.05, 0.1) is 24.2 Å². The summed E-state index contributed by atoms with van der Waals surface area (Å²) in [6.45, 7) is 3.57. The summed E-state index contributed by atoms with van der Waals surface area (Å²) in [5.41, 5.74) is 11.0. The number of carbonyl (C=O) groups is 4. The Kier molecular flexibility index (Phi) is 7.73. The molecule has 6 atom stereocenters. The summed E-state index contributed by atoms with van der Waals surface area (Å²) >= 11 is 0. The first-order valence-corrected chi connectivity index (χ1v) is 10.1. The number of aliphatic hydroxyl groups is 2. The maximum atomic E-state index is 13.2. The average molecular weight is 412 g/mol. The number of primary amides is 1. The minimum Gasteiger partial charge on any atom is -0.393 e. The fourth-order valence-electron chi connectivity index (χ4n) is 4.10. The van der Waals surface area contributed by atoms with Crippen LogP contribution in [-0.4, -0.2) is 86.9 Å². The van der Waals surface area contributed by atoms with Crippen LogP contribution in [0.1, 0.15) is 46.0 Å². The third kappa shape index (κ3) is 5.12. The Morgan fingerprint density at radius 2 is 1.52 bits per heavy atom. The van der Waals surface area contributed by atoms with Gasteiger partial charge in [0.2, 0.25) is 17.7 Å². The number of amides is 3. The van der Waals surface area contributed by atoms with Gasteiger partial charge in [-0.05, 0) is 39.5 Å². The van der Waals surface area contributed by atoms with Crippen molar-refractivity contribution in [2.75, 3.05) is 13.1 Å². The third-order valence-electron chi connectivity index (χ3n) is 5.90. The van der Waals surface area contributed by atoms with Crippen molar-refractivity contribution < 1.29 is 29.4 Å². The number of Topliss-reactive ketones (excluding diaryl/α,β-unsaturated/α-hetero) is 1. The lowest BCUT2D eigenvalue weighted by Gasteiger charge is -2.32. The lowest BCUT2D eigenvalue weighted by molar-refractivity contribution is -0.148. The number of nitrogens with zero attached hydrogens (tertiary/aromatic N) is 2. The van der Waals surface area contributed by atoms with Crippen molar-refractivity contribution >= 4 is 23.5 Å². The van der Waals surface area contributed by atoms with E-state index in [4.69, 9.17) is 11.5 Å². The zero-order chi connectivity index (χ0) is 21.9. The zero-order valence-corrected chi connectivity index (χ0v) is 17.0. The topological polar surface area (TPSA) is 167 Å². The van der Waals surface area contributed by atoms with Crippen molar-refractivity contribution in [3.05, 3.63) is 0 Å². The molecule has 0 radical (unpaired) electrons. The molecule has 0 aromatic heterocycles. The second-order valence-corrected chi connectivity index (χ2v) is 8.07. The highest BCUT2D eigenvalue weighted by Crippen LogP contribution is 2.27. The highest BCUT2D eigenvalue weighted by Gasteiger charge is 2.43. The monoisotopic (exact) mass is 412 g/mol. The minimum atomic E-state index is -1.11. The highest BCUT2D eigenvalue weighted by atomic mass is 16.3. The Morgan fingerprint density at radius 1 is 0.966 bits per heavy atom. The number of aliphatic hydroxyl groups excluding tert-OH is 2. The van der Waals surface area contributed by atoms with Crippen LogP contribution in [0.3, 0.4) is 0 Å². The summed E-state index contributed by atoms with van der Waals surface area (Å²) in [5, 5.41) is 19.3. The first kappa shape index (κ1) is 23.2. The van der Waals surface area contributed by atoms with Gasteiger partial charge in [-0.1, -0.05) is 0 Å². The predicted octanol–water partition coefficient (Wildman–Crippen LogP) is -1.88. The number of rotatable bonds is 8. The van der Waals surface area contributed by atoms with Crippen LogP contribution in [0, 0.1) is 5.92 Å². The number of likely N-dealkylation sites (tertiary alicyclic amines) is 2. The highest BCUT2D eigenvalue weighted by molar-refractivity contribution is 5.95. The smallest absolute Gasteiger partial charge is 0.245 e. The van der Waals surface area contributed by atoms with Gasteiger partial charge >= 0.3 is 0 Å². The molecule has 29 heavy (non-hydrogen) atoms. The van der Waals surface area contributed by atoms with Crippen LogP contribution >= 0.6 is 0 Å². The van der Waals surface area contributed by atoms with Crippen LogP contribution in [0.5, 0.6) is 0 Å². The summed E-state index contributed by atoms with van der Waals surface area (Å²) in [7, 11) is 0. The largest absolute Gasteiger partial charge is 0.393 e. The van der Waals surface area contributed by atoms with E-state index in [1.54, 1.807) is 0 Å². The number of hydrogen-bond donors (Lipinski definition) is 4. The van der Waals surface area contributed by atoms with E-state index in [2.05, 4.69) is 0 Å². The molecule has 2 heterocycles. The number of carbonyl (C=O) groups excluding carboxylic acids is 4. The first-order chi connectivity index (χ1) is 13.6. The van der Waals surface area contributed by atoms with E-state index < -0.39 is 48.1 Å². The molecular formula is C19H32N4O6. The lowest BCUT2D eigenvalue weighted by atomic mass is 9.92. The van der Waals surface area contributed by atoms with E-state index in [0.29, 0.717) is 38.8 Å². The van der Waals surface area contributed by atoms with E-state index >= 15 is 0 Å². The molecule has 6 N–H and O–H groups in total. The van der Waals surface area contributed by atoms with Crippen LogP contribution < -0.4 is 11.5 Å². The molecule has 2 saturated heterocycles. The van der Waals surface area contributed by atoms with Gasteiger partial charge in [0.1, 0.15) is 12.1 Å². The van der Waals surface area contributed by atoms with Crippen molar-refractivity contribution in [3.63, 3.8) is 0 Å². The van der Waals surface area contributed by atoms with Crippen molar-refractivity contribution in [1.29, 1.82) is 0 Å². The SMILES string of the molecule is C[C@@H](O)[C@H](N)C(=O)N1CCC[C@H]1C(=O)N1CCC[C@H]1C(=O)C[C@H](C(N)=O)[C@@H](C)O. The van der Waals surface area contributed by atoms with Crippen molar-refractivity contribution in [2.24, 2.45) is 17.4 Å². The molecule has 2 rings (SSSR count). The fraction of sp³-hybridized carbons (Fsp3) is 0.789. The molecule has 0 saturated carbocycles. The van der Waals surface area contributed by atoms with Gasteiger partial charge in [-0.25, -0.2) is 0 Å². The van der Waals surface area contributed by atoms with Crippen LogP contribution in [0.15, 0.2) is 0 Å². The van der Waals surface area contributed by atoms with E-state index in [1.165, 1.54) is 23.6 Å². The summed E-state index contributed by atoms with van der Waals surface area (Å²) in [5.74, 6) is -2.90. The van der Waals surface area contributed by atoms with E-state index in [-0.39, 0.29) is 18.1 Å². The molecule has 0 spiro atoms. The van der Waals surface area contributed by atoms with Crippen molar-refractivity contribution in [3.8, 4) is 0 Å². The molecule has 2 aliphatic heterocycles. The molecule has 0 aromatic carbocycles. The van der Waals surface area contributed by atoms with E-state index in [1.807, 2.05) is 0 Å². The Hall–Kier alpha value is -2.04. The van der Waals surface area contributed by atoms with Gasteiger partial charge in [0.25, 0.3) is 0 Å². The maximum Gasteiger partial charge on any atom is 0.245 e. The molecule has 0 unspecified atom stereocenters. The summed E-state index contributed by atoms with van der Waals surface area (Å²) in [6, 6.07) is -2.53. The lowest BCUT2D eigenvalue weighted by Crippen LogP contribution is -2.56. The number of ketones is 1. The zero-order valence-electron chi connectivity index (χ0n) is 17.0. The molecule has 0 aromatic rings. The standard InChI is InChI=1S/C19H32N4O6/c1-10(24)12(17(21)27)9-15(26)13-5-3-7-22(13)18(28)14-6-4-8-23(14)19(29)16(20)11(2)25/h10-14,16,24-25H,3-9,20H2,1-2H3,(H2,21,27)/t10-,11-,12+,13+,14+,16+/m1/s1. The van der Waals surface area contributed by atoms with E-state index in [0.717, 1.165) is 0 Å². The second kappa shape index (κ2) is 9.64. The molecular weight excluding hydrogens is 380 g/mol. The predicted molar refractivity (Wildman–Crippen MR) is 103 cm³/mol. The van der Waals surface area contributed by atoms with E-state index in [9.17, 15) is 29.4 Å². The molecule has 2 fully saturated rings. The van der Waals surface area contributed by atoms with Gasteiger partial charge < -0.3 is 31.5 Å². The molecule has 10 nitrogen and oxygen atoms in total. The van der Waals surface area contributed by atoms with Crippen LogP contribution in [0.4, 0.5) is 0 Å². The Labute approximate surface area is 170 Å². The fourth-order valence-corrected chi connectivity index (χ4v) is 4.10. The third-order valence-corrected chi connectivity index (χ3v) is 5.90. The maximum absolute atomic E-state index is 13.2. The Morgan fingerprint density at radius 3 is 2.03 bits per heavy atom. The Balaban J connectivity index is 2.11. The molecule has 2 aliphatic rings. The number of hydrogen-bond acceptors (Lipinski definition) is 7. The van der Waals surface area contributed by atoms with Crippen molar-refractivity contribution in [2.45, 2.75) is 76.3 Å². The van der Waals surface area contributed by atoms with Gasteiger partial charge in [0.15, 0.2) is 5.78 Å². The van der Waals surface area contributed by atoms with Gasteiger partial charge in [0, 0.05) is 19.5 Å². The molecule has 0 aliphatic carbocycles. The quantitative estimate of drug-likeness (QED) is 0.362. The molecule has 3 amide bonds. The normalized spacial score (nSPS) is 26.1.